The number of nitrogens with zero attached hydrogens (tertiary/aromatic N) is 3. The number of carboxylic acid groups (broad SMARTS) is 1. The highest BCUT2D eigenvalue weighted by Gasteiger charge is 2.22. The Bertz CT molecular complexity index is 351. The monoisotopic (exact) mass is 227 g/mol. The summed E-state index contributed by atoms with van der Waals surface area (Å²) < 4.78 is 6.58. The van der Waals surface area contributed by atoms with Gasteiger partial charge in [-0.15, -0.1) is 0 Å². The topological polar surface area (TPSA) is 67.6 Å². The van der Waals surface area contributed by atoms with Crippen LogP contribution < -0.4 is 0 Å². The van der Waals surface area contributed by atoms with E-state index in [-0.39, 0.29) is 6.61 Å². The van der Waals surface area contributed by atoms with E-state index in [2.05, 4.69) is 5.10 Å². The van der Waals surface area contributed by atoms with Gasteiger partial charge < -0.3 is 9.84 Å². The lowest BCUT2D eigenvalue weighted by atomic mass is 10.2. The predicted molar refractivity (Wildman–Crippen MR) is 58.0 cm³/mol. The SMILES string of the molecule is COCC(C(=O)O)N(C)Cc1cnn(C)c1. The van der Waals surface area contributed by atoms with Gasteiger partial charge in [0.25, 0.3) is 0 Å². The lowest BCUT2D eigenvalue weighted by Gasteiger charge is -2.23. The molecule has 0 aromatic carbocycles. The molecule has 16 heavy (non-hydrogen) atoms. The lowest BCUT2D eigenvalue weighted by Crippen LogP contribution is -2.41. The van der Waals surface area contributed by atoms with Gasteiger partial charge >= 0.3 is 5.97 Å². The Labute approximate surface area is 94.4 Å². The van der Waals surface area contributed by atoms with Crippen LogP contribution in [-0.4, -0.2) is 52.6 Å². The summed E-state index contributed by atoms with van der Waals surface area (Å²) in [6, 6.07) is -0.634. The molecule has 1 N–H and O–H groups in total. The number of aliphatic carboxylic acids is 1. The number of hydrogen-bond donors (Lipinski definition) is 1. The third-order valence-corrected chi connectivity index (χ3v) is 2.33. The number of rotatable bonds is 6. The number of aromatic nitrogens is 2. The van der Waals surface area contributed by atoms with Gasteiger partial charge in [-0.05, 0) is 7.05 Å². The van der Waals surface area contributed by atoms with Crippen molar-refractivity contribution in [3.8, 4) is 0 Å². The molecular weight excluding hydrogens is 210 g/mol. The van der Waals surface area contributed by atoms with Crippen LogP contribution in [0.25, 0.3) is 0 Å². The van der Waals surface area contributed by atoms with Crippen molar-refractivity contribution in [1.29, 1.82) is 0 Å². The highest BCUT2D eigenvalue weighted by Crippen LogP contribution is 2.06. The van der Waals surface area contributed by atoms with Crippen molar-refractivity contribution >= 4 is 5.97 Å². The molecular formula is C10H17N3O3. The van der Waals surface area contributed by atoms with E-state index in [9.17, 15) is 4.79 Å². The molecule has 1 rings (SSSR count). The van der Waals surface area contributed by atoms with Crippen molar-refractivity contribution in [1.82, 2.24) is 14.7 Å². The van der Waals surface area contributed by atoms with Crippen LogP contribution in [0.15, 0.2) is 12.4 Å². The fourth-order valence-electron chi connectivity index (χ4n) is 1.50. The third-order valence-electron chi connectivity index (χ3n) is 2.33. The van der Waals surface area contributed by atoms with E-state index < -0.39 is 12.0 Å². The van der Waals surface area contributed by atoms with Gasteiger partial charge in [-0.25, -0.2) is 0 Å². The molecule has 6 heteroatoms. The summed E-state index contributed by atoms with van der Waals surface area (Å²) in [4.78, 5) is 12.7. The maximum Gasteiger partial charge on any atom is 0.323 e. The molecule has 0 radical (unpaired) electrons. The van der Waals surface area contributed by atoms with Gasteiger partial charge in [0, 0.05) is 32.5 Å². The summed E-state index contributed by atoms with van der Waals surface area (Å²) in [7, 11) is 5.08. The number of hydrogen-bond acceptors (Lipinski definition) is 4. The molecule has 6 nitrogen and oxygen atoms in total. The average molecular weight is 227 g/mol. The van der Waals surface area contributed by atoms with Crippen LogP contribution in [0.2, 0.25) is 0 Å². The minimum atomic E-state index is -0.881. The van der Waals surface area contributed by atoms with Crippen molar-refractivity contribution in [2.24, 2.45) is 7.05 Å². The Morgan fingerprint density at radius 3 is 2.88 bits per heavy atom. The third kappa shape index (κ3) is 3.32. The van der Waals surface area contributed by atoms with Gasteiger partial charge in [0.2, 0.25) is 0 Å². The summed E-state index contributed by atoms with van der Waals surface area (Å²) in [6.07, 6.45) is 3.59. The van der Waals surface area contributed by atoms with Crippen LogP contribution in [0, 0.1) is 0 Å². The van der Waals surface area contributed by atoms with E-state index in [1.807, 2.05) is 13.2 Å². The smallest absolute Gasteiger partial charge is 0.323 e. The zero-order valence-electron chi connectivity index (χ0n) is 9.75. The standard InChI is InChI=1S/C10H17N3O3/c1-12(9(7-16-3)10(14)15)5-8-4-11-13(2)6-8/h4,6,9H,5,7H2,1-3H3,(H,14,15). The lowest BCUT2D eigenvalue weighted by molar-refractivity contribution is -0.144. The van der Waals surface area contributed by atoms with Crippen LogP contribution in [0.4, 0.5) is 0 Å². The largest absolute Gasteiger partial charge is 0.480 e. The van der Waals surface area contributed by atoms with Crippen molar-refractivity contribution in [2.45, 2.75) is 12.6 Å². The normalized spacial score (nSPS) is 13.0. The van der Waals surface area contributed by atoms with Gasteiger partial charge in [-0.2, -0.15) is 5.10 Å². The molecule has 0 amide bonds. The first-order chi connectivity index (χ1) is 7.54. The van der Waals surface area contributed by atoms with Crippen molar-refractivity contribution in [3.05, 3.63) is 18.0 Å². The van der Waals surface area contributed by atoms with Crippen LogP contribution in [0.3, 0.4) is 0 Å². The highest BCUT2D eigenvalue weighted by atomic mass is 16.5. The summed E-state index contributed by atoms with van der Waals surface area (Å²) >= 11 is 0. The van der Waals surface area contributed by atoms with Crippen molar-refractivity contribution in [2.75, 3.05) is 20.8 Å². The number of aryl methyl sites for hydroxylation is 1. The first-order valence-corrected chi connectivity index (χ1v) is 4.94. The van der Waals surface area contributed by atoms with Gasteiger partial charge in [0.05, 0.1) is 12.8 Å². The summed E-state index contributed by atoms with van der Waals surface area (Å²) in [6.45, 7) is 0.709. The summed E-state index contributed by atoms with van der Waals surface area (Å²) in [5.74, 6) is -0.881. The van der Waals surface area contributed by atoms with Gasteiger partial charge in [-0.1, -0.05) is 0 Å². The molecule has 1 unspecified atom stereocenters. The molecule has 0 aliphatic heterocycles. The van der Waals surface area contributed by atoms with Gasteiger partial charge in [-0.3, -0.25) is 14.4 Å². The fourth-order valence-corrected chi connectivity index (χ4v) is 1.50. The second-order valence-corrected chi connectivity index (χ2v) is 3.75. The zero-order valence-corrected chi connectivity index (χ0v) is 9.75. The second kappa shape index (κ2) is 5.62. The minimum Gasteiger partial charge on any atom is -0.480 e. The van der Waals surface area contributed by atoms with E-state index in [1.165, 1.54) is 7.11 Å². The molecule has 1 heterocycles. The average Bonchev–Trinajstić information content (AvgIpc) is 2.59. The Morgan fingerprint density at radius 2 is 2.44 bits per heavy atom. The number of likely N-dealkylation sites (N-methyl/N-ethyl adjacent to an activating group) is 1. The minimum absolute atomic E-state index is 0.173. The quantitative estimate of drug-likeness (QED) is 0.738. The number of carboxylic acids is 1. The molecule has 0 aliphatic carbocycles. The van der Waals surface area contributed by atoms with E-state index in [0.717, 1.165) is 5.56 Å². The van der Waals surface area contributed by atoms with Gasteiger partial charge in [0.15, 0.2) is 0 Å². The summed E-state index contributed by atoms with van der Waals surface area (Å²) in [5, 5.41) is 13.0. The molecule has 1 aromatic heterocycles. The van der Waals surface area contributed by atoms with Crippen molar-refractivity contribution in [3.63, 3.8) is 0 Å². The Hall–Kier alpha value is -1.40. The van der Waals surface area contributed by atoms with E-state index in [4.69, 9.17) is 9.84 Å². The molecule has 90 valence electrons. The summed E-state index contributed by atoms with van der Waals surface area (Å²) in [5.41, 5.74) is 0.979. The molecule has 0 bridgehead atoms. The molecule has 1 atom stereocenters. The highest BCUT2D eigenvalue weighted by molar-refractivity contribution is 5.73. The molecule has 0 spiro atoms. The number of carbonyl (C=O) groups is 1. The first kappa shape index (κ1) is 12.7. The predicted octanol–water partition coefficient (Wildman–Crippen LogP) is -0.0485. The van der Waals surface area contributed by atoms with Crippen molar-refractivity contribution < 1.29 is 14.6 Å². The zero-order chi connectivity index (χ0) is 12.1. The molecule has 0 aliphatic rings. The number of ether oxygens (including phenoxy) is 1. The molecule has 0 saturated heterocycles. The Morgan fingerprint density at radius 1 is 1.75 bits per heavy atom. The van der Waals surface area contributed by atoms with Crippen LogP contribution in [-0.2, 0) is 23.1 Å². The molecule has 0 saturated carbocycles. The first-order valence-electron chi connectivity index (χ1n) is 4.94. The maximum absolute atomic E-state index is 11.0. The van der Waals surface area contributed by atoms with E-state index in [1.54, 1.807) is 22.8 Å². The van der Waals surface area contributed by atoms with Gasteiger partial charge in [0.1, 0.15) is 6.04 Å². The van der Waals surface area contributed by atoms with Crippen LogP contribution in [0.5, 0.6) is 0 Å². The van der Waals surface area contributed by atoms with Crippen LogP contribution in [0.1, 0.15) is 5.56 Å². The Balaban J connectivity index is 2.61. The van der Waals surface area contributed by atoms with E-state index in [0.29, 0.717) is 6.54 Å². The fraction of sp³-hybridized carbons (Fsp3) is 0.600. The second-order valence-electron chi connectivity index (χ2n) is 3.75. The maximum atomic E-state index is 11.0. The van der Waals surface area contributed by atoms with Crippen LogP contribution >= 0.6 is 0 Å². The van der Waals surface area contributed by atoms with E-state index >= 15 is 0 Å². The number of methoxy groups -OCH3 is 1. The molecule has 1 aromatic rings. The Kier molecular flexibility index (Phi) is 4.45. The molecule has 0 fully saturated rings.